The van der Waals surface area contributed by atoms with Crippen LogP contribution in [0.25, 0.3) is 0 Å². The number of nitrogens with zero attached hydrogens (tertiary/aromatic N) is 2. The van der Waals surface area contributed by atoms with Gasteiger partial charge in [0.1, 0.15) is 11.5 Å². The molecule has 0 fully saturated rings. The Labute approximate surface area is 143 Å². The summed E-state index contributed by atoms with van der Waals surface area (Å²) in [5.74, 6) is 0.458. The van der Waals surface area contributed by atoms with Gasteiger partial charge in [0.25, 0.3) is 10.4 Å². The van der Waals surface area contributed by atoms with E-state index in [1.54, 1.807) is 38.1 Å². The lowest BCUT2D eigenvalue weighted by atomic mass is 10.3. The Hall–Kier alpha value is -2.20. The number of aromatic nitrogens is 2. The van der Waals surface area contributed by atoms with Crippen LogP contribution in [0.1, 0.15) is 13.8 Å². The Bertz CT molecular complexity index is 801. The van der Waals surface area contributed by atoms with Gasteiger partial charge in [0.15, 0.2) is 6.10 Å². The maximum absolute atomic E-state index is 11.5. The number of esters is 1. The molecule has 0 aliphatic heterocycles. The Kier molecular flexibility index (Phi) is 5.73. The highest BCUT2D eigenvalue weighted by molar-refractivity contribution is 7.90. The molecule has 0 saturated carbocycles. The van der Waals surface area contributed by atoms with Gasteiger partial charge in [0.05, 0.1) is 6.61 Å². The van der Waals surface area contributed by atoms with Crippen molar-refractivity contribution in [3.63, 3.8) is 0 Å². The number of ether oxygens (including phenoxy) is 3. The number of rotatable bonds is 7. The van der Waals surface area contributed by atoms with Crippen LogP contribution in [0.5, 0.6) is 16.7 Å². The molecule has 1 aromatic carbocycles. The van der Waals surface area contributed by atoms with E-state index in [0.29, 0.717) is 11.5 Å². The largest absolute Gasteiger partial charge is 0.479 e. The van der Waals surface area contributed by atoms with Crippen LogP contribution >= 0.6 is 11.5 Å². The molecule has 0 unspecified atom stereocenters. The molecule has 24 heavy (non-hydrogen) atoms. The molecule has 0 aliphatic rings. The van der Waals surface area contributed by atoms with E-state index in [4.69, 9.17) is 14.2 Å². The zero-order chi connectivity index (χ0) is 17.7. The van der Waals surface area contributed by atoms with Gasteiger partial charge in [-0.2, -0.15) is 9.36 Å². The van der Waals surface area contributed by atoms with Crippen LogP contribution in [0.4, 0.5) is 0 Å². The van der Waals surface area contributed by atoms with Crippen molar-refractivity contribution in [3.05, 3.63) is 24.3 Å². The fraction of sp³-hybridized carbons (Fsp3) is 0.357. The minimum Gasteiger partial charge on any atom is -0.479 e. The summed E-state index contributed by atoms with van der Waals surface area (Å²) in [6.45, 7) is 3.60. The van der Waals surface area contributed by atoms with E-state index in [2.05, 4.69) is 9.36 Å². The zero-order valence-electron chi connectivity index (χ0n) is 13.3. The molecule has 0 spiro atoms. The molecular formula is C14H16N2O6S2. The summed E-state index contributed by atoms with van der Waals surface area (Å²) in [6, 6.07) is 6.44. The van der Waals surface area contributed by atoms with Gasteiger partial charge in [0, 0.05) is 17.8 Å². The molecular weight excluding hydrogens is 356 g/mol. The lowest BCUT2D eigenvalue weighted by Gasteiger charge is -2.13. The third-order valence-corrected chi connectivity index (χ3v) is 4.24. The van der Waals surface area contributed by atoms with Gasteiger partial charge in [-0.15, -0.1) is 0 Å². The Morgan fingerprint density at radius 1 is 1.25 bits per heavy atom. The van der Waals surface area contributed by atoms with E-state index in [1.807, 2.05) is 0 Å². The van der Waals surface area contributed by atoms with E-state index in [9.17, 15) is 13.2 Å². The zero-order valence-corrected chi connectivity index (χ0v) is 14.9. The Balaban J connectivity index is 1.99. The molecule has 10 heteroatoms. The lowest BCUT2D eigenvalue weighted by Crippen LogP contribution is -2.25. The summed E-state index contributed by atoms with van der Waals surface area (Å²) < 4.78 is 42.1. The van der Waals surface area contributed by atoms with Crippen LogP contribution in [0.3, 0.4) is 0 Å². The molecule has 1 heterocycles. The van der Waals surface area contributed by atoms with Crippen LogP contribution in [-0.2, 0) is 19.4 Å². The summed E-state index contributed by atoms with van der Waals surface area (Å²) in [5.41, 5.74) is 0. The summed E-state index contributed by atoms with van der Waals surface area (Å²) in [6.07, 6.45) is 0.299. The van der Waals surface area contributed by atoms with E-state index in [1.165, 1.54) is 0 Å². The quantitative estimate of drug-likeness (QED) is 0.680. The second kappa shape index (κ2) is 7.58. The number of hydrogen-bond acceptors (Lipinski definition) is 9. The van der Waals surface area contributed by atoms with E-state index < -0.39 is 21.9 Å². The number of sulfone groups is 1. The molecule has 0 aliphatic carbocycles. The van der Waals surface area contributed by atoms with E-state index in [0.717, 1.165) is 17.8 Å². The van der Waals surface area contributed by atoms with Gasteiger partial charge in [-0.3, -0.25) is 0 Å². The molecule has 1 aromatic heterocycles. The standard InChI is InChI=1S/C14H16N2O6S2/c1-4-20-12(17)9(2)21-10-5-7-11(8-6-10)22-14-15-13(16-23-14)24(3,18)19/h5-9H,4H2,1-3H3/t9-/m1/s1. The first-order valence-electron chi connectivity index (χ1n) is 6.94. The van der Waals surface area contributed by atoms with Crippen molar-refractivity contribution in [2.75, 3.05) is 12.9 Å². The van der Waals surface area contributed by atoms with Crippen molar-refractivity contribution in [1.82, 2.24) is 9.36 Å². The fourth-order valence-corrected chi connectivity index (χ4v) is 3.01. The second-order valence-corrected chi connectivity index (χ2v) is 7.32. The van der Waals surface area contributed by atoms with Gasteiger partial charge in [-0.1, -0.05) is 0 Å². The number of hydrogen-bond donors (Lipinski definition) is 0. The highest BCUT2D eigenvalue weighted by Crippen LogP contribution is 2.26. The molecule has 2 aromatic rings. The van der Waals surface area contributed by atoms with Crippen molar-refractivity contribution < 1.29 is 27.4 Å². The topological polar surface area (TPSA) is 105 Å². The van der Waals surface area contributed by atoms with Crippen LogP contribution < -0.4 is 9.47 Å². The van der Waals surface area contributed by atoms with Crippen molar-refractivity contribution in [3.8, 4) is 16.7 Å². The molecule has 130 valence electrons. The van der Waals surface area contributed by atoms with Crippen molar-refractivity contribution in [2.45, 2.75) is 25.1 Å². The summed E-state index contributed by atoms with van der Waals surface area (Å²) in [4.78, 5) is 15.3. The Morgan fingerprint density at radius 3 is 2.42 bits per heavy atom. The molecule has 0 N–H and O–H groups in total. The van der Waals surface area contributed by atoms with Gasteiger partial charge in [-0.05, 0) is 38.1 Å². The van der Waals surface area contributed by atoms with Gasteiger partial charge >= 0.3 is 5.97 Å². The van der Waals surface area contributed by atoms with Crippen molar-refractivity contribution >= 4 is 27.3 Å². The Morgan fingerprint density at radius 2 is 1.88 bits per heavy atom. The third kappa shape index (κ3) is 4.90. The second-order valence-electron chi connectivity index (χ2n) is 4.70. The van der Waals surface area contributed by atoms with Crippen LogP contribution in [0.2, 0.25) is 0 Å². The SMILES string of the molecule is CCOC(=O)[C@@H](C)Oc1ccc(Oc2nc(S(C)(=O)=O)ns2)cc1. The smallest absolute Gasteiger partial charge is 0.347 e. The predicted molar refractivity (Wildman–Crippen MR) is 86.3 cm³/mol. The van der Waals surface area contributed by atoms with Gasteiger partial charge in [-0.25, -0.2) is 13.2 Å². The van der Waals surface area contributed by atoms with Gasteiger partial charge < -0.3 is 14.2 Å². The summed E-state index contributed by atoms with van der Waals surface area (Å²) in [7, 11) is -3.46. The minimum atomic E-state index is -3.46. The van der Waals surface area contributed by atoms with E-state index >= 15 is 0 Å². The van der Waals surface area contributed by atoms with Crippen LogP contribution in [0.15, 0.2) is 29.4 Å². The van der Waals surface area contributed by atoms with Gasteiger partial charge in [0.2, 0.25) is 9.84 Å². The normalized spacial score (nSPS) is 12.5. The lowest BCUT2D eigenvalue weighted by molar-refractivity contribution is -0.150. The number of carbonyl (C=O) groups is 1. The fourth-order valence-electron chi connectivity index (χ4n) is 1.59. The van der Waals surface area contributed by atoms with E-state index in [-0.39, 0.29) is 17.0 Å². The molecule has 0 radical (unpaired) electrons. The van der Waals surface area contributed by atoms with Crippen LogP contribution in [-0.4, -0.2) is 42.7 Å². The molecule has 1 atom stereocenters. The average molecular weight is 372 g/mol. The first-order chi connectivity index (χ1) is 11.3. The number of benzene rings is 1. The monoisotopic (exact) mass is 372 g/mol. The first kappa shape index (κ1) is 18.1. The van der Waals surface area contributed by atoms with Crippen LogP contribution in [0, 0.1) is 0 Å². The maximum atomic E-state index is 11.5. The molecule has 2 rings (SSSR count). The highest BCUT2D eigenvalue weighted by Gasteiger charge is 2.17. The molecule has 0 bridgehead atoms. The molecule has 8 nitrogen and oxygen atoms in total. The predicted octanol–water partition coefficient (Wildman–Crippen LogP) is 2.06. The minimum absolute atomic E-state index is 0.115. The number of carbonyl (C=O) groups excluding carboxylic acids is 1. The maximum Gasteiger partial charge on any atom is 0.347 e. The van der Waals surface area contributed by atoms with Crippen molar-refractivity contribution in [1.29, 1.82) is 0 Å². The first-order valence-corrected chi connectivity index (χ1v) is 9.61. The van der Waals surface area contributed by atoms with Crippen molar-refractivity contribution in [2.24, 2.45) is 0 Å². The molecule has 0 amide bonds. The third-order valence-electron chi connectivity index (χ3n) is 2.68. The average Bonchev–Trinajstić information content (AvgIpc) is 2.98. The summed E-state index contributed by atoms with van der Waals surface area (Å²) >= 11 is 0.841. The molecule has 0 saturated heterocycles. The summed E-state index contributed by atoms with van der Waals surface area (Å²) in [5, 5.41) is -0.158. The highest BCUT2D eigenvalue weighted by atomic mass is 32.2.